The van der Waals surface area contributed by atoms with E-state index in [1.54, 1.807) is 0 Å². The SMILES string of the molecule is CC(C)c1ccc(-n2nnc(N)c2C(C)(C)C)cc1. The number of hydrogen-bond donors (Lipinski definition) is 1. The van der Waals surface area contributed by atoms with Gasteiger partial charge in [-0.3, -0.25) is 0 Å². The maximum Gasteiger partial charge on any atom is 0.170 e. The fourth-order valence-electron chi connectivity index (χ4n) is 2.18. The standard InChI is InChI=1S/C15H22N4/c1-10(2)11-6-8-12(9-7-11)19-13(15(3,4)5)14(16)17-18-19/h6-10H,16H2,1-5H3. The zero-order valence-electron chi connectivity index (χ0n) is 12.3. The second kappa shape index (κ2) is 4.68. The van der Waals surface area contributed by atoms with Crippen LogP contribution in [0.3, 0.4) is 0 Å². The zero-order valence-corrected chi connectivity index (χ0v) is 12.3. The average molecular weight is 258 g/mol. The molecule has 4 nitrogen and oxygen atoms in total. The Morgan fingerprint density at radius 2 is 1.68 bits per heavy atom. The zero-order chi connectivity index (χ0) is 14.2. The van der Waals surface area contributed by atoms with Crippen LogP contribution in [-0.4, -0.2) is 15.0 Å². The molecule has 0 amide bonds. The summed E-state index contributed by atoms with van der Waals surface area (Å²) < 4.78 is 1.83. The van der Waals surface area contributed by atoms with Crippen LogP contribution in [0.2, 0.25) is 0 Å². The molecule has 0 aliphatic rings. The molecule has 2 N–H and O–H groups in total. The highest BCUT2D eigenvalue weighted by atomic mass is 15.4. The number of aromatic nitrogens is 3. The lowest BCUT2D eigenvalue weighted by Gasteiger charge is -2.20. The lowest BCUT2D eigenvalue weighted by molar-refractivity contribution is 0.544. The average Bonchev–Trinajstić information content (AvgIpc) is 2.71. The molecule has 2 aromatic rings. The first-order valence-electron chi connectivity index (χ1n) is 6.62. The summed E-state index contributed by atoms with van der Waals surface area (Å²) in [7, 11) is 0. The van der Waals surface area contributed by atoms with Crippen LogP contribution in [0.5, 0.6) is 0 Å². The van der Waals surface area contributed by atoms with Gasteiger partial charge in [0.25, 0.3) is 0 Å². The minimum atomic E-state index is -0.0930. The molecule has 0 atom stereocenters. The molecular weight excluding hydrogens is 236 g/mol. The summed E-state index contributed by atoms with van der Waals surface area (Å²) in [5.41, 5.74) is 9.12. The maximum atomic E-state index is 5.95. The molecule has 0 radical (unpaired) electrons. The summed E-state index contributed by atoms with van der Waals surface area (Å²) in [6.45, 7) is 10.7. The van der Waals surface area contributed by atoms with Crippen molar-refractivity contribution in [2.75, 3.05) is 5.73 Å². The Morgan fingerprint density at radius 1 is 1.11 bits per heavy atom. The van der Waals surface area contributed by atoms with E-state index in [2.05, 4.69) is 69.2 Å². The number of nitrogens with two attached hydrogens (primary N) is 1. The highest BCUT2D eigenvalue weighted by Crippen LogP contribution is 2.28. The Kier molecular flexibility index (Phi) is 3.35. The van der Waals surface area contributed by atoms with E-state index in [4.69, 9.17) is 5.73 Å². The highest BCUT2D eigenvalue weighted by Gasteiger charge is 2.24. The van der Waals surface area contributed by atoms with Gasteiger partial charge in [0, 0.05) is 5.41 Å². The number of hydrogen-bond acceptors (Lipinski definition) is 3. The van der Waals surface area contributed by atoms with Gasteiger partial charge in [0.1, 0.15) is 0 Å². The molecule has 0 bridgehead atoms. The molecule has 0 unspecified atom stereocenters. The molecule has 0 saturated carbocycles. The van der Waals surface area contributed by atoms with Gasteiger partial charge >= 0.3 is 0 Å². The van der Waals surface area contributed by atoms with Gasteiger partial charge in [-0.15, -0.1) is 5.10 Å². The smallest absolute Gasteiger partial charge is 0.170 e. The van der Waals surface area contributed by atoms with Crippen LogP contribution >= 0.6 is 0 Å². The van der Waals surface area contributed by atoms with Gasteiger partial charge < -0.3 is 5.73 Å². The number of rotatable bonds is 2. The molecule has 1 aromatic carbocycles. The van der Waals surface area contributed by atoms with E-state index in [0.29, 0.717) is 11.7 Å². The minimum absolute atomic E-state index is 0.0930. The van der Waals surface area contributed by atoms with Crippen LogP contribution in [0, 0.1) is 0 Å². The van der Waals surface area contributed by atoms with Crippen LogP contribution in [0.1, 0.15) is 51.8 Å². The number of nitrogens with zero attached hydrogens (tertiary/aromatic N) is 3. The molecule has 0 fully saturated rings. The first kappa shape index (κ1) is 13.6. The molecular formula is C15H22N4. The van der Waals surface area contributed by atoms with Crippen LogP contribution < -0.4 is 5.73 Å². The first-order chi connectivity index (χ1) is 8.80. The summed E-state index contributed by atoms with van der Waals surface area (Å²) in [6, 6.07) is 8.39. The fraction of sp³-hybridized carbons (Fsp3) is 0.467. The van der Waals surface area contributed by atoms with E-state index in [1.807, 2.05) is 4.68 Å². The molecule has 4 heteroatoms. The highest BCUT2D eigenvalue weighted by molar-refractivity contribution is 5.45. The second-order valence-electron chi connectivity index (χ2n) is 6.23. The van der Waals surface area contributed by atoms with Crippen LogP contribution in [0.25, 0.3) is 5.69 Å². The van der Waals surface area contributed by atoms with Crippen molar-refractivity contribution in [3.05, 3.63) is 35.5 Å². The van der Waals surface area contributed by atoms with Crippen molar-refractivity contribution in [3.63, 3.8) is 0 Å². The third kappa shape index (κ3) is 2.62. The minimum Gasteiger partial charge on any atom is -0.381 e. The Labute approximate surface area is 114 Å². The van der Waals surface area contributed by atoms with Gasteiger partial charge in [-0.2, -0.15) is 0 Å². The van der Waals surface area contributed by atoms with Gasteiger partial charge in [-0.1, -0.05) is 52.0 Å². The van der Waals surface area contributed by atoms with Crippen LogP contribution in [0.15, 0.2) is 24.3 Å². The summed E-state index contributed by atoms with van der Waals surface area (Å²) in [5, 5.41) is 8.18. The largest absolute Gasteiger partial charge is 0.381 e. The van der Waals surface area contributed by atoms with E-state index in [-0.39, 0.29) is 5.41 Å². The van der Waals surface area contributed by atoms with Crippen molar-refractivity contribution < 1.29 is 0 Å². The van der Waals surface area contributed by atoms with E-state index in [9.17, 15) is 0 Å². The lowest BCUT2D eigenvalue weighted by atomic mass is 9.91. The molecule has 2 rings (SSSR count). The third-order valence-corrected chi connectivity index (χ3v) is 3.21. The van der Waals surface area contributed by atoms with E-state index in [0.717, 1.165) is 11.4 Å². The molecule has 1 aromatic heterocycles. The molecule has 0 aliphatic heterocycles. The third-order valence-electron chi connectivity index (χ3n) is 3.21. The van der Waals surface area contributed by atoms with Gasteiger partial charge in [0.15, 0.2) is 5.82 Å². The number of benzene rings is 1. The summed E-state index contributed by atoms with van der Waals surface area (Å²) in [6.07, 6.45) is 0. The quantitative estimate of drug-likeness (QED) is 0.899. The van der Waals surface area contributed by atoms with Gasteiger partial charge in [0.05, 0.1) is 11.4 Å². The molecule has 19 heavy (non-hydrogen) atoms. The molecule has 102 valence electrons. The maximum absolute atomic E-state index is 5.95. The Hall–Kier alpha value is -1.84. The Bertz CT molecular complexity index is 559. The monoisotopic (exact) mass is 258 g/mol. The van der Waals surface area contributed by atoms with Crippen molar-refractivity contribution in [1.82, 2.24) is 15.0 Å². The van der Waals surface area contributed by atoms with Crippen molar-refractivity contribution >= 4 is 5.82 Å². The number of anilines is 1. The first-order valence-corrected chi connectivity index (χ1v) is 6.62. The van der Waals surface area contributed by atoms with E-state index < -0.39 is 0 Å². The van der Waals surface area contributed by atoms with Gasteiger partial charge in [-0.25, -0.2) is 4.68 Å². The van der Waals surface area contributed by atoms with Crippen molar-refractivity contribution in [3.8, 4) is 5.69 Å². The molecule has 0 spiro atoms. The fourth-order valence-corrected chi connectivity index (χ4v) is 2.18. The normalized spacial score (nSPS) is 12.1. The van der Waals surface area contributed by atoms with Gasteiger partial charge in [-0.05, 0) is 23.6 Å². The molecule has 0 aliphatic carbocycles. The predicted octanol–water partition coefficient (Wildman–Crippen LogP) is 3.27. The lowest BCUT2D eigenvalue weighted by Crippen LogP contribution is -2.19. The predicted molar refractivity (Wildman–Crippen MR) is 78.6 cm³/mol. The number of nitrogen functional groups attached to an aromatic ring is 1. The van der Waals surface area contributed by atoms with Crippen LogP contribution in [-0.2, 0) is 5.41 Å². The molecule has 1 heterocycles. The van der Waals surface area contributed by atoms with Crippen LogP contribution in [0.4, 0.5) is 5.82 Å². The van der Waals surface area contributed by atoms with Gasteiger partial charge in [0.2, 0.25) is 0 Å². The topological polar surface area (TPSA) is 56.7 Å². The summed E-state index contributed by atoms with van der Waals surface area (Å²) >= 11 is 0. The van der Waals surface area contributed by atoms with E-state index in [1.165, 1.54) is 5.56 Å². The van der Waals surface area contributed by atoms with E-state index >= 15 is 0 Å². The Morgan fingerprint density at radius 3 is 2.16 bits per heavy atom. The summed E-state index contributed by atoms with van der Waals surface area (Å²) in [4.78, 5) is 0. The van der Waals surface area contributed by atoms with Crippen molar-refractivity contribution in [2.45, 2.75) is 46.0 Å². The second-order valence-corrected chi connectivity index (χ2v) is 6.23. The van der Waals surface area contributed by atoms with Crippen molar-refractivity contribution in [2.24, 2.45) is 0 Å². The Balaban J connectivity index is 2.48. The molecule has 0 saturated heterocycles. The summed E-state index contributed by atoms with van der Waals surface area (Å²) in [5.74, 6) is 1.03. The van der Waals surface area contributed by atoms with Crippen molar-refractivity contribution in [1.29, 1.82) is 0 Å².